The van der Waals surface area contributed by atoms with Gasteiger partial charge in [0.05, 0.1) is 17.9 Å². The lowest BCUT2D eigenvalue weighted by atomic mass is 9.95. The van der Waals surface area contributed by atoms with E-state index in [4.69, 9.17) is 5.84 Å². The number of rotatable bonds is 5. The van der Waals surface area contributed by atoms with Crippen molar-refractivity contribution in [2.75, 3.05) is 0 Å². The number of benzene rings is 1. The van der Waals surface area contributed by atoms with Gasteiger partial charge in [0, 0.05) is 11.8 Å². The third-order valence-electron chi connectivity index (χ3n) is 3.37. The Morgan fingerprint density at radius 2 is 2.06 bits per heavy atom. The molecule has 3 N–H and O–H groups in total. The summed E-state index contributed by atoms with van der Waals surface area (Å²) >= 11 is 0. The van der Waals surface area contributed by atoms with E-state index < -0.39 is 0 Å². The molecule has 4 heteroatoms. The second kappa shape index (κ2) is 5.80. The van der Waals surface area contributed by atoms with Crippen LogP contribution < -0.4 is 11.3 Å². The molecule has 0 amide bonds. The number of nitrogens with one attached hydrogen (secondary N) is 1. The molecule has 2 atom stereocenters. The van der Waals surface area contributed by atoms with Crippen LogP contribution in [0.4, 0.5) is 0 Å². The number of nitrogens with zero attached hydrogens (tertiary/aromatic N) is 2. The fourth-order valence-electron chi connectivity index (χ4n) is 2.04. The van der Waals surface area contributed by atoms with Crippen LogP contribution in [0, 0.1) is 5.92 Å². The minimum atomic E-state index is 0.146. The van der Waals surface area contributed by atoms with Gasteiger partial charge in [0.2, 0.25) is 0 Å². The van der Waals surface area contributed by atoms with Gasteiger partial charge in [-0.2, -0.15) is 5.10 Å². The summed E-state index contributed by atoms with van der Waals surface area (Å²) < 4.78 is 1.88. The van der Waals surface area contributed by atoms with Gasteiger partial charge in [0.1, 0.15) is 0 Å². The van der Waals surface area contributed by atoms with Crippen molar-refractivity contribution < 1.29 is 0 Å². The smallest absolute Gasteiger partial charge is 0.0645 e. The number of para-hydroxylation sites is 1. The second-order valence-corrected chi connectivity index (χ2v) is 4.58. The Morgan fingerprint density at radius 1 is 1.33 bits per heavy atom. The van der Waals surface area contributed by atoms with E-state index in [0.717, 1.165) is 17.7 Å². The first kappa shape index (κ1) is 12.8. The molecule has 0 saturated heterocycles. The van der Waals surface area contributed by atoms with E-state index in [-0.39, 0.29) is 6.04 Å². The van der Waals surface area contributed by atoms with Gasteiger partial charge < -0.3 is 0 Å². The van der Waals surface area contributed by atoms with Gasteiger partial charge in [-0.15, -0.1) is 0 Å². The molecule has 0 aliphatic heterocycles. The molecular weight excluding hydrogens is 224 g/mol. The van der Waals surface area contributed by atoms with Crippen LogP contribution >= 0.6 is 0 Å². The average Bonchev–Trinajstić information content (AvgIpc) is 2.90. The minimum absolute atomic E-state index is 0.146. The molecule has 1 aromatic carbocycles. The fourth-order valence-corrected chi connectivity index (χ4v) is 2.04. The van der Waals surface area contributed by atoms with E-state index in [1.54, 1.807) is 0 Å². The normalized spacial score (nSPS) is 14.4. The average molecular weight is 244 g/mol. The molecule has 2 rings (SSSR count). The quantitative estimate of drug-likeness (QED) is 0.627. The highest BCUT2D eigenvalue weighted by Gasteiger charge is 2.18. The van der Waals surface area contributed by atoms with Crippen molar-refractivity contribution in [2.24, 2.45) is 11.8 Å². The summed E-state index contributed by atoms with van der Waals surface area (Å²) in [6.07, 6.45) is 4.99. The highest BCUT2D eigenvalue weighted by Crippen LogP contribution is 2.23. The number of hydrogen-bond donors (Lipinski definition) is 2. The van der Waals surface area contributed by atoms with Crippen molar-refractivity contribution >= 4 is 0 Å². The van der Waals surface area contributed by atoms with Crippen molar-refractivity contribution in [1.29, 1.82) is 0 Å². The Hall–Kier alpha value is -1.65. The maximum Gasteiger partial charge on any atom is 0.0645 e. The van der Waals surface area contributed by atoms with Crippen LogP contribution in [-0.2, 0) is 0 Å². The topological polar surface area (TPSA) is 55.9 Å². The highest BCUT2D eigenvalue weighted by atomic mass is 15.3. The molecule has 1 aromatic heterocycles. The van der Waals surface area contributed by atoms with Crippen molar-refractivity contribution in [3.63, 3.8) is 0 Å². The van der Waals surface area contributed by atoms with Crippen LogP contribution in [0.15, 0.2) is 42.7 Å². The lowest BCUT2D eigenvalue weighted by molar-refractivity contribution is 0.383. The van der Waals surface area contributed by atoms with Crippen molar-refractivity contribution in [2.45, 2.75) is 26.3 Å². The zero-order valence-electron chi connectivity index (χ0n) is 10.9. The largest absolute Gasteiger partial charge is 0.271 e. The molecule has 0 fully saturated rings. The van der Waals surface area contributed by atoms with Crippen LogP contribution in [0.3, 0.4) is 0 Å². The lowest BCUT2D eigenvalue weighted by Gasteiger charge is -2.20. The third kappa shape index (κ3) is 2.60. The van der Waals surface area contributed by atoms with Gasteiger partial charge >= 0.3 is 0 Å². The molecule has 0 saturated carbocycles. The maximum absolute atomic E-state index is 5.64. The zero-order chi connectivity index (χ0) is 13.0. The molecule has 18 heavy (non-hydrogen) atoms. The van der Waals surface area contributed by atoms with E-state index >= 15 is 0 Å². The fraction of sp³-hybridized carbons (Fsp3) is 0.357. The molecule has 96 valence electrons. The van der Waals surface area contributed by atoms with Crippen LogP contribution in [-0.4, -0.2) is 9.78 Å². The number of nitrogens with two attached hydrogens (primary N) is 1. The van der Waals surface area contributed by atoms with Gasteiger partial charge in [0.15, 0.2) is 0 Å². The van der Waals surface area contributed by atoms with E-state index in [9.17, 15) is 0 Å². The molecule has 1 heterocycles. The first-order chi connectivity index (χ1) is 8.76. The van der Waals surface area contributed by atoms with Crippen molar-refractivity contribution in [1.82, 2.24) is 15.2 Å². The van der Waals surface area contributed by atoms with E-state index in [0.29, 0.717) is 5.92 Å². The molecule has 2 unspecified atom stereocenters. The second-order valence-electron chi connectivity index (χ2n) is 4.58. The number of aromatic nitrogens is 2. The molecule has 0 bridgehead atoms. The summed E-state index contributed by atoms with van der Waals surface area (Å²) in [5.41, 5.74) is 5.06. The van der Waals surface area contributed by atoms with Crippen molar-refractivity contribution in [3.8, 4) is 5.69 Å². The first-order valence-electron chi connectivity index (χ1n) is 6.32. The predicted molar refractivity (Wildman–Crippen MR) is 73.1 cm³/mol. The van der Waals surface area contributed by atoms with Gasteiger partial charge in [-0.1, -0.05) is 38.5 Å². The van der Waals surface area contributed by atoms with Gasteiger partial charge in [0.25, 0.3) is 0 Å². The molecule has 0 radical (unpaired) electrons. The Bertz CT molecular complexity index is 478. The van der Waals surface area contributed by atoms with Gasteiger partial charge in [-0.25, -0.2) is 4.68 Å². The summed E-state index contributed by atoms with van der Waals surface area (Å²) in [5, 5.41) is 4.39. The number of hydrogen-bond acceptors (Lipinski definition) is 3. The molecule has 4 nitrogen and oxygen atoms in total. The van der Waals surface area contributed by atoms with Crippen LogP contribution in [0.25, 0.3) is 5.69 Å². The molecule has 0 aliphatic rings. The summed E-state index contributed by atoms with van der Waals surface area (Å²) in [5.74, 6) is 6.12. The van der Waals surface area contributed by atoms with Gasteiger partial charge in [-0.3, -0.25) is 11.3 Å². The Morgan fingerprint density at radius 3 is 2.67 bits per heavy atom. The van der Waals surface area contributed by atoms with Crippen LogP contribution in [0.2, 0.25) is 0 Å². The summed E-state index contributed by atoms with van der Waals surface area (Å²) in [6, 6.07) is 10.2. The minimum Gasteiger partial charge on any atom is -0.271 e. The number of hydrazine groups is 1. The summed E-state index contributed by atoms with van der Waals surface area (Å²) in [7, 11) is 0. The maximum atomic E-state index is 5.64. The SMILES string of the molecule is CCC(C)C(NN)c1cnn(-c2ccccc2)c1. The monoisotopic (exact) mass is 244 g/mol. The Kier molecular flexibility index (Phi) is 4.12. The third-order valence-corrected chi connectivity index (χ3v) is 3.37. The molecule has 0 aliphatic carbocycles. The standard InChI is InChI=1S/C14H20N4/c1-3-11(2)14(17-15)12-9-16-18(10-12)13-7-5-4-6-8-13/h4-11,14,17H,3,15H2,1-2H3. The van der Waals surface area contributed by atoms with Crippen molar-refractivity contribution in [3.05, 3.63) is 48.3 Å². The highest BCUT2D eigenvalue weighted by molar-refractivity contribution is 5.31. The lowest BCUT2D eigenvalue weighted by Crippen LogP contribution is -2.32. The Labute approximate surface area is 108 Å². The van der Waals surface area contributed by atoms with E-state index in [2.05, 4.69) is 24.4 Å². The molecular formula is C14H20N4. The summed E-state index contributed by atoms with van der Waals surface area (Å²) in [4.78, 5) is 0. The predicted octanol–water partition coefficient (Wildman–Crippen LogP) is 2.42. The first-order valence-corrected chi connectivity index (χ1v) is 6.32. The summed E-state index contributed by atoms with van der Waals surface area (Å²) in [6.45, 7) is 4.35. The van der Waals surface area contributed by atoms with Crippen LogP contribution in [0.1, 0.15) is 31.9 Å². The van der Waals surface area contributed by atoms with E-state index in [1.165, 1.54) is 0 Å². The van der Waals surface area contributed by atoms with Gasteiger partial charge in [-0.05, 0) is 18.1 Å². The van der Waals surface area contributed by atoms with Crippen LogP contribution in [0.5, 0.6) is 0 Å². The van der Waals surface area contributed by atoms with E-state index in [1.807, 2.05) is 47.4 Å². The molecule has 0 spiro atoms. The molecule has 2 aromatic rings. The zero-order valence-corrected chi connectivity index (χ0v) is 10.9. The Balaban J connectivity index is 2.25.